The quantitative estimate of drug-likeness (QED) is 0.661. The van der Waals surface area contributed by atoms with Crippen LogP contribution in [0.3, 0.4) is 0 Å². The van der Waals surface area contributed by atoms with Crippen molar-refractivity contribution < 1.29 is 9.90 Å². The fraction of sp³-hybridized carbons (Fsp3) is 0.409. The SMILES string of the molecule is CCCC(Cc1ccccc1)N(CCC)Cc1cccc(C(=O)O)c1. The molecular weight excluding hydrogens is 310 g/mol. The molecule has 1 N–H and O–H groups in total. The van der Waals surface area contributed by atoms with Crippen LogP contribution in [0.4, 0.5) is 0 Å². The maximum Gasteiger partial charge on any atom is 0.335 e. The molecule has 0 saturated heterocycles. The summed E-state index contributed by atoms with van der Waals surface area (Å²) in [6, 6.07) is 18.4. The highest BCUT2D eigenvalue weighted by atomic mass is 16.4. The Morgan fingerprint density at radius 2 is 1.72 bits per heavy atom. The molecule has 0 fully saturated rings. The fourth-order valence-electron chi connectivity index (χ4n) is 3.35. The summed E-state index contributed by atoms with van der Waals surface area (Å²) >= 11 is 0. The molecule has 3 nitrogen and oxygen atoms in total. The van der Waals surface area contributed by atoms with Crippen LogP contribution in [-0.4, -0.2) is 28.6 Å². The summed E-state index contributed by atoms with van der Waals surface area (Å²) in [5.74, 6) is -0.863. The second-order valence-electron chi connectivity index (χ2n) is 6.61. The van der Waals surface area contributed by atoms with Crippen molar-refractivity contribution in [1.29, 1.82) is 0 Å². The Bertz CT molecular complexity index is 654. The van der Waals surface area contributed by atoms with Crippen LogP contribution in [0.15, 0.2) is 54.6 Å². The molecule has 134 valence electrons. The average molecular weight is 339 g/mol. The van der Waals surface area contributed by atoms with Gasteiger partial charge in [0.25, 0.3) is 0 Å². The average Bonchev–Trinajstić information content (AvgIpc) is 2.62. The van der Waals surface area contributed by atoms with Crippen LogP contribution in [-0.2, 0) is 13.0 Å². The van der Waals surface area contributed by atoms with E-state index in [1.165, 1.54) is 5.56 Å². The largest absolute Gasteiger partial charge is 0.478 e. The number of hydrogen-bond acceptors (Lipinski definition) is 2. The van der Waals surface area contributed by atoms with Crippen molar-refractivity contribution in [1.82, 2.24) is 4.90 Å². The molecule has 0 heterocycles. The number of rotatable bonds is 10. The van der Waals surface area contributed by atoms with Crippen molar-refractivity contribution in [2.45, 2.75) is 52.1 Å². The van der Waals surface area contributed by atoms with Gasteiger partial charge in [0, 0.05) is 12.6 Å². The molecule has 0 saturated carbocycles. The lowest BCUT2D eigenvalue weighted by Gasteiger charge is -2.32. The van der Waals surface area contributed by atoms with E-state index in [4.69, 9.17) is 0 Å². The molecular formula is C22H29NO2. The summed E-state index contributed by atoms with van der Waals surface area (Å²) in [4.78, 5) is 13.7. The molecule has 0 aliphatic heterocycles. The third-order valence-corrected chi connectivity index (χ3v) is 4.52. The Labute approximate surface area is 151 Å². The first-order valence-electron chi connectivity index (χ1n) is 9.24. The minimum Gasteiger partial charge on any atom is -0.478 e. The monoisotopic (exact) mass is 339 g/mol. The second kappa shape index (κ2) is 10.00. The van der Waals surface area contributed by atoms with E-state index in [0.717, 1.165) is 44.3 Å². The van der Waals surface area contributed by atoms with Gasteiger partial charge in [0.15, 0.2) is 0 Å². The van der Waals surface area contributed by atoms with Gasteiger partial charge >= 0.3 is 5.97 Å². The lowest BCUT2D eigenvalue weighted by atomic mass is 9.99. The molecule has 2 aromatic rings. The van der Waals surface area contributed by atoms with E-state index >= 15 is 0 Å². The zero-order valence-electron chi connectivity index (χ0n) is 15.3. The maximum atomic E-state index is 11.2. The van der Waals surface area contributed by atoms with Gasteiger partial charge in [-0.15, -0.1) is 0 Å². The standard InChI is InChI=1S/C22H29NO2/c1-3-9-21(16-18-10-6-5-7-11-18)23(14-4-2)17-19-12-8-13-20(15-19)22(24)25/h5-8,10-13,15,21H,3-4,9,14,16-17H2,1-2H3,(H,24,25). The second-order valence-corrected chi connectivity index (χ2v) is 6.61. The van der Waals surface area contributed by atoms with Crippen molar-refractivity contribution in [3.63, 3.8) is 0 Å². The molecule has 0 amide bonds. The summed E-state index contributed by atoms with van der Waals surface area (Å²) in [5.41, 5.74) is 2.80. The number of carboxylic acid groups (broad SMARTS) is 1. The topological polar surface area (TPSA) is 40.5 Å². The van der Waals surface area contributed by atoms with Crippen molar-refractivity contribution in [2.24, 2.45) is 0 Å². The summed E-state index contributed by atoms with van der Waals surface area (Å²) in [7, 11) is 0. The highest BCUT2D eigenvalue weighted by Gasteiger charge is 2.18. The van der Waals surface area contributed by atoms with E-state index in [-0.39, 0.29) is 0 Å². The summed E-state index contributed by atoms with van der Waals surface area (Å²) in [6.45, 7) is 6.25. The van der Waals surface area contributed by atoms with Crippen LogP contribution >= 0.6 is 0 Å². The van der Waals surface area contributed by atoms with E-state index in [9.17, 15) is 9.90 Å². The smallest absolute Gasteiger partial charge is 0.335 e. The molecule has 0 aliphatic carbocycles. The van der Waals surface area contributed by atoms with E-state index in [0.29, 0.717) is 11.6 Å². The Morgan fingerprint density at radius 1 is 1.00 bits per heavy atom. The van der Waals surface area contributed by atoms with Gasteiger partial charge in [-0.25, -0.2) is 4.79 Å². The van der Waals surface area contributed by atoms with Crippen LogP contribution in [0, 0.1) is 0 Å². The molecule has 0 bridgehead atoms. The number of aromatic carboxylic acids is 1. The van der Waals surface area contributed by atoms with Crippen LogP contribution in [0.25, 0.3) is 0 Å². The predicted molar refractivity (Wildman–Crippen MR) is 103 cm³/mol. The van der Waals surface area contributed by atoms with Gasteiger partial charge in [0.2, 0.25) is 0 Å². The normalized spacial score (nSPS) is 12.3. The third-order valence-electron chi connectivity index (χ3n) is 4.52. The number of nitrogens with zero attached hydrogens (tertiary/aromatic N) is 1. The Hall–Kier alpha value is -2.13. The van der Waals surface area contributed by atoms with E-state index in [1.807, 2.05) is 12.1 Å². The van der Waals surface area contributed by atoms with Crippen molar-refractivity contribution in [3.8, 4) is 0 Å². The molecule has 2 aromatic carbocycles. The Kier molecular flexibility index (Phi) is 7.68. The number of carboxylic acids is 1. The van der Waals surface area contributed by atoms with Crippen LogP contribution in [0.2, 0.25) is 0 Å². The van der Waals surface area contributed by atoms with Crippen LogP contribution < -0.4 is 0 Å². The maximum absolute atomic E-state index is 11.2. The van der Waals surface area contributed by atoms with Gasteiger partial charge in [0.05, 0.1) is 5.56 Å². The van der Waals surface area contributed by atoms with E-state index in [1.54, 1.807) is 12.1 Å². The number of benzene rings is 2. The van der Waals surface area contributed by atoms with E-state index < -0.39 is 5.97 Å². The molecule has 0 aliphatic rings. The van der Waals surface area contributed by atoms with Gasteiger partial charge in [-0.3, -0.25) is 4.90 Å². The molecule has 1 atom stereocenters. The molecule has 3 heteroatoms. The summed E-state index contributed by atoms with van der Waals surface area (Å²) in [6.07, 6.45) is 4.42. The van der Waals surface area contributed by atoms with Crippen molar-refractivity contribution in [2.75, 3.05) is 6.54 Å². The van der Waals surface area contributed by atoms with Crippen LogP contribution in [0.1, 0.15) is 54.6 Å². The molecule has 0 radical (unpaired) electrons. The van der Waals surface area contributed by atoms with Gasteiger partial charge in [-0.05, 0) is 49.1 Å². The molecule has 0 spiro atoms. The molecule has 0 aromatic heterocycles. The first kappa shape index (κ1) is 19.2. The van der Waals surface area contributed by atoms with Gasteiger partial charge < -0.3 is 5.11 Å². The van der Waals surface area contributed by atoms with Crippen molar-refractivity contribution >= 4 is 5.97 Å². The third kappa shape index (κ3) is 6.02. The van der Waals surface area contributed by atoms with Crippen molar-refractivity contribution in [3.05, 3.63) is 71.3 Å². The van der Waals surface area contributed by atoms with Gasteiger partial charge in [-0.1, -0.05) is 62.7 Å². The summed E-state index contributed by atoms with van der Waals surface area (Å²) in [5, 5.41) is 9.22. The number of hydrogen-bond donors (Lipinski definition) is 1. The van der Waals surface area contributed by atoms with E-state index in [2.05, 4.69) is 49.1 Å². The molecule has 2 rings (SSSR count). The first-order chi connectivity index (χ1) is 12.1. The van der Waals surface area contributed by atoms with Gasteiger partial charge in [0.1, 0.15) is 0 Å². The highest BCUT2D eigenvalue weighted by molar-refractivity contribution is 5.87. The first-order valence-corrected chi connectivity index (χ1v) is 9.24. The zero-order chi connectivity index (χ0) is 18.1. The minimum absolute atomic E-state index is 0.365. The lowest BCUT2D eigenvalue weighted by Crippen LogP contribution is -2.37. The summed E-state index contributed by atoms with van der Waals surface area (Å²) < 4.78 is 0. The number of carbonyl (C=O) groups is 1. The Morgan fingerprint density at radius 3 is 2.36 bits per heavy atom. The molecule has 25 heavy (non-hydrogen) atoms. The lowest BCUT2D eigenvalue weighted by molar-refractivity contribution is 0.0696. The zero-order valence-corrected chi connectivity index (χ0v) is 15.3. The Balaban J connectivity index is 2.17. The minimum atomic E-state index is -0.863. The van der Waals surface area contributed by atoms with Gasteiger partial charge in [-0.2, -0.15) is 0 Å². The highest BCUT2D eigenvalue weighted by Crippen LogP contribution is 2.18. The predicted octanol–water partition coefficient (Wildman–Crippen LogP) is 5.01. The van der Waals surface area contributed by atoms with Crippen LogP contribution in [0.5, 0.6) is 0 Å². The fourth-order valence-corrected chi connectivity index (χ4v) is 3.35. The molecule has 1 unspecified atom stereocenters.